The molecule has 2 aromatic carbocycles. The fraction of sp³-hybridized carbons (Fsp3) is 0.595. The predicted octanol–water partition coefficient (Wildman–Crippen LogP) is 11.1. The fourth-order valence-electron chi connectivity index (χ4n) is 6.42. The van der Waals surface area contributed by atoms with Crippen molar-refractivity contribution in [1.82, 2.24) is 9.55 Å². The second-order valence-corrected chi connectivity index (χ2v) is 12.0. The first-order valence-electron chi connectivity index (χ1n) is 16.3. The van der Waals surface area contributed by atoms with Crippen LogP contribution in [0.25, 0.3) is 0 Å². The van der Waals surface area contributed by atoms with E-state index in [-0.39, 0.29) is 5.41 Å². The van der Waals surface area contributed by atoms with Gasteiger partial charge in [-0.3, -0.25) is 0 Å². The molecule has 0 saturated heterocycles. The molecule has 0 radical (unpaired) electrons. The average molecular weight is 529 g/mol. The minimum absolute atomic E-state index is 0.0173. The molecule has 3 aromatic rings. The van der Waals surface area contributed by atoms with Crippen LogP contribution in [0.4, 0.5) is 0 Å². The molecule has 0 aliphatic rings. The van der Waals surface area contributed by atoms with Gasteiger partial charge in [-0.05, 0) is 30.4 Å². The number of aryl methyl sites for hydroxylation is 1. The third kappa shape index (κ3) is 10.3. The Labute approximate surface area is 240 Å². The van der Waals surface area contributed by atoms with Gasteiger partial charge in [0.1, 0.15) is 5.82 Å². The number of nitrogens with zero attached hydrogens (tertiary/aromatic N) is 2. The summed E-state index contributed by atoms with van der Waals surface area (Å²) in [6, 6.07) is 22.3. The smallest absolute Gasteiger partial charge is 0.112 e. The Bertz CT molecular complexity index is 993. The molecule has 2 atom stereocenters. The minimum Gasteiger partial charge on any atom is -0.335 e. The van der Waals surface area contributed by atoms with Gasteiger partial charge in [-0.15, -0.1) is 0 Å². The highest BCUT2D eigenvalue weighted by atomic mass is 15.1. The molecule has 214 valence electrons. The first-order chi connectivity index (χ1) is 19.2. The van der Waals surface area contributed by atoms with Gasteiger partial charge in [-0.1, -0.05) is 165 Å². The first-order valence-corrected chi connectivity index (χ1v) is 16.3. The summed E-state index contributed by atoms with van der Waals surface area (Å²) in [6.45, 7) is 8.10. The van der Waals surface area contributed by atoms with Crippen LogP contribution in [0, 0.1) is 0 Å². The lowest BCUT2D eigenvalue weighted by Crippen LogP contribution is -2.35. The number of aromatic nitrogens is 2. The van der Waals surface area contributed by atoms with Gasteiger partial charge < -0.3 is 4.57 Å². The number of hydrogen-bond donors (Lipinski definition) is 0. The van der Waals surface area contributed by atoms with Gasteiger partial charge in [0.2, 0.25) is 0 Å². The Kier molecular flexibility index (Phi) is 14.5. The molecule has 1 heterocycles. The second-order valence-electron chi connectivity index (χ2n) is 12.0. The van der Waals surface area contributed by atoms with Gasteiger partial charge in [0.25, 0.3) is 0 Å². The lowest BCUT2D eigenvalue weighted by atomic mass is 9.66. The third-order valence-electron chi connectivity index (χ3n) is 8.74. The first kappa shape index (κ1) is 31.2. The van der Waals surface area contributed by atoms with Crippen molar-refractivity contribution in [3.63, 3.8) is 0 Å². The molecule has 2 unspecified atom stereocenters. The van der Waals surface area contributed by atoms with Crippen LogP contribution in [0.2, 0.25) is 0 Å². The summed E-state index contributed by atoms with van der Waals surface area (Å²) in [5.74, 6) is 1.66. The standard InChI is InChI=1S/C37H56N2/c1-4-6-7-8-9-10-11-12-13-14-15-16-23-28-35(36-38-29-31-39(36)30-5-2)37(3,34-26-21-18-22-27-34)32-33-24-19-17-20-25-33/h17-22,24-27,29,31,35H,4-16,23,28,30,32H2,1-3H3. The maximum absolute atomic E-state index is 5.01. The quantitative estimate of drug-likeness (QED) is 0.126. The van der Waals surface area contributed by atoms with Crippen molar-refractivity contribution >= 4 is 0 Å². The van der Waals surface area contributed by atoms with Crippen LogP contribution in [-0.4, -0.2) is 9.55 Å². The molecule has 0 saturated carbocycles. The van der Waals surface area contributed by atoms with Crippen molar-refractivity contribution in [2.75, 3.05) is 0 Å². The summed E-state index contributed by atoms with van der Waals surface area (Å²) in [4.78, 5) is 5.01. The highest BCUT2D eigenvalue weighted by Crippen LogP contribution is 2.44. The van der Waals surface area contributed by atoms with Gasteiger partial charge >= 0.3 is 0 Å². The van der Waals surface area contributed by atoms with E-state index in [2.05, 4.69) is 92.2 Å². The number of hydrogen-bond acceptors (Lipinski definition) is 1. The van der Waals surface area contributed by atoms with E-state index < -0.39 is 0 Å². The third-order valence-corrected chi connectivity index (χ3v) is 8.74. The number of unbranched alkanes of at least 4 members (excludes halogenated alkanes) is 12. The Balaban J connectivity index is 1.61. The summed E-state index contributed by atoms with van der Waals surface area (Å²) >= 11 is 0. The van der Waals surface area contributed by atoms with Crippen molar-refractivity contribution in [2.24, 2.45) is 0 Å². The van der Waals surface area contributed by atoms with Crippen LogP contribution >= 0.6 is 0 Å². The lowest BCUT2D eigenvalue weighted by molar-refractivity contribution is 0.322. The fourth-order valence-corrected chi connectivity index (χ4v) is 6.42. The molecule has 0 aliphatic carbocycles. The Morgan fingerprint density at radius 2 is 1.21 bits per heavy atom. The van der Waals surface area contributed by atoms with Gasteiger partial charge in [-0.25, -0.2) is 4.98 Å². The summed E-state index contributed by atoms with van der Waals surface area (Å²) < 4.78 is 2.43. The molecule has 0 amide bonds. The highest BCUT2D eigenvalue weighted by Gasteiger charge is 2.39. The summed E-state index contributed by atoms with van der Waals surface area (Å²) in [7, 11) is 0. The van der Waals surface area contributed by atoms with Crippen LogP contribution in [0.5, 0.6) is 0 Å². The van der Waals surface area contributed by atoms with Crippen LogP contribution in [0.1, 0.15) is 140 Å². The molecular formula is C37H56N2. The van der Waals surface area contributed by atoms with Gasteiger partial charge in [0, 0.05) is 30.3 Å². The zero-order chi connectivity index (χ0) is 27.6. The zero-order valence-electron chi connectivity index (χ0n) is 25.4. The Morgan fingerprint density at radius 1 is 0.667 bits per heavy atom. The van der Waals surface area contributed by atoms with Crippen molar-refractivity contribution in [1.29, 1.82) is 0 Å². The van der Waals surface area contributed by atoms with E-state index in [1.807, 2.05) is 6.20 Å². The van der Waals surface area contributed by atoms with E-state index in [0.29, 0.717) is 5.92 Å². The van der Waals surface area contributed by atoms with E-state index in [9.17, 15) is 0 Å². The summed E-state index contributed by atoms with van der Waals surface area (Å²) in [5.41, 5.74) is 2.82. The molecule has 0 N–H and O–H groups in total. The maximum atomic E-state index is 5.01. The van der Waals surface area contributed by atoms with Crippen molar-refractivity contribution in [3.05, 3.63) is 90.0 Å². The molecule has 0 aliphatic heterocycles. The van der Waals surface area contributed by atoms with Crippen molar-refractivity contribution in [3.8, 4) is 0 Å². The normalized spacial score (nSPS) is 13.8. The molecule has 2 heteroatoms. The topological polar surface area (TPSA) is 17.8 Å². The van der Waals surface area contributed by atoms with Crippen LogP contribution in [0.3, 0.4) is 0 Å². The van der Waals surface area contributed by atoms with Crippen molar-refractivity contribution < 1.29 is 0 Å². The molecule has 0 bridgehead atoms. The molecule has 2 nitrogen and oxygen atoms in total. The molecule has 0 spiro atoms. The molecular weight excluding hydrogens is 472 g/mol. The monoisotopic (exact) mass is 528 g/mol. The van der Waals surface area contributed by atoms with E-state index in [4.69, 9.17) is 4.98 Å². The van der Waals surface area contributed by atoms with E-state index in [1.165, 1.54) is 107 Å². The number of benzene rings is 2. The molecule has 39 heavy (non-hydrogen) atoms. The summed E-state index contributed by atoms with van der Waals surface area (Å²) in [5, 5.41) is 0. The Hall–Kier alpha value is -2.35. The minimum atomic E-state index is -0.0173. The van der Waals surface area contributed by atoms with E-state index >= 15 is 0 Å². The van der Waals surface area contributed by atoms with Gasteiger partial charge in [-0.2, -0.15) is 0 Å². The van der Waals surface area contributed by atoms with Gasteiger partial charge in [0.05, 0.1) is 0 Å². The van der Waals surface area contributed by atoms with Crippen LogP contribution in [0.15, 0.2) is 73.1 Å². The molecule has 3 rings (SSSR count). The second kappa shape index (κ2) is 18.1. The Morgan fingerprint density at radius 3 is 1.77 bits per heavy atom. The van der Waals surface area contributed by atoms with Crippen LogP contribution in [-0.2, 0) is 18.4 Å². The SMILES string of the molecule is CCCCCCCCCCCCCCCC(c1nccn1CCC)C(C)(Cc1ccccc1)c1ccccc1. The zero-order valence-corrected chi connectivity index (χ0v) is 25.4. The number of imidazole rings is 1. The number of rotatable bonds is 21. The molecule has 0 fully saturated rings. The maximum Gasteiger partial charge on any atom is 0.112 e. The average Bonchev–Trinajstić information content (AvgIpc) is 3.42. The highest BCUT2D eigenvalue weighted by molar-refractivity contribution is 5.33. The predicted molar refractivity (Wildman–Crippen MR) is 170 cm³/mol. The van der Waals surface area contributed by atoms with Crippen LogP contribution < -0.4 is 0 Å². The largest absolute Gasteiger partial charge is 0.335 e. The van der Waals surface area contributed by atoms with Gasteiger partial charge in [0.15, 0.2) is 0 Å². The lowest BCUT2D eigenvalue weighted by Gasteiger charge is -2.39. The molecule has 1 aromatic heterocycles. The van der Waals surface area contributed by atoms with E-state index in [1.54, 1.807) is 0 Å². The van der Waals surface area contributed by atoms with Crippen molar-refractivity contribution in [2.45, 2.75) is 141 Å². The summed E-state index contributed by atoms with van der Waals surface area (Å²) in [6.07, 6.45) is 25.7. The van der Waals surface area contributed by atoms with E-state index in [0.717, 1.165) is 19.4 Å².